The summed E-state index contributed by atoms with van der Waals surface area (Å²) >= 11 is 8.21. The largest absolute Gasteiger partial charge is 0.375 e. The van der Waals surface area contributed by atoms with Crippen LogP contribution in [0.4, 0.5) is 5.13 Å². The van der Waals surface area contributed by atoms with Crippen LogP contribution in [-0.2, 0) is 0 Å². The Labute approximate surface area is 93.2 Å². The third kappa shape index (κ3) is 1.79. The average Bonchev–Trinajstić information content (AvgIpc) is 2.73. The van der Waals surface area contributed by atoms with Gasteiger partial charge in [-0.25, -0.2) is 4.98 Å². The highest BCUT2D eigenvalue weighted by Gasteiger charge is 2.14. The third-order valence-electron chi connectivity index (χ3n) is 1.55. The lowest BCUT2D eigenvalue weighted by Crippen LogP contribution is -1.99. The van der Waals surface area contributed by atoms with E-state index in [0.29, 0.717) is 20.0 Å². The van der Waals surface area contributed by atoms with Crippen LogP contribution in [0, 0.1) is 0 Å². The molecule has 0 aliphatic heterocycles. The number of halogens is 1. The SMILES string of the molecule is Nc1nc(C(=O)c2ccc(Cl)s2)cs1. The van der Waals surface area contributed by atoms with E-state index in [1.165, 1.54) is 22.7 Å². The Balaban J connectivity index is 2.33. The van der Waals surface area contributed by atoms with E-state index in [9.17, 15) is 4.79 Å². The van der Waals surface area contributed by atoms with Crippen molar-refractivity contribution in [3.63, 3.8) is 0 Å². The number of carbonyl (C=O) groups excluding carboxylic acids is 1. The van der Waals surface area contributed by atoms with Crippen molar-refractivity contribution in [1.29, 1.82) is 0 Å². The lowest BCUT2D eigenvalue weighted by molar-refractivity contribution is 0.103. The zero-order chi connectivity index (χ0) is 10.1. The monoisotopic (exact) mass is 244 g/mol. The highest BCUT2D eigenvalue weighted by atomic mass is 35.5. The lowest BCUT2D eigenvalue weighted by Gasteiger charge is -1.89. The van der Waals surface area contributed by atoms with Crippen molar-refractivity contribution in [2.75, 3.05) is 5.73 Å². The first kappa shape index (κ1) is 9.64. The maximum atomic E-state index is 11.7. The van der Waals surface area contributed by atoms with Gasteiger partial charge in [0, 0.05) is 5.38 Å². The average molecular weight is 245 g/mol. The second-order valence-electron chi connectivity index (χ2n) is 2.50. The van der Waals surface area contributed by atoms with Crippen molar-refractivity contribution >= 4 is 45.2 Å². The molecule has 0 amide bonds. The molecule has 0 fully saturated rings. The van der Waals surface area contributed by atoms with E-state index in [4.69, 9.17) is 17.3 Å². The molecule has 0 unspecified atom stereocenters. The van der Waals surface area contributed by atoms with Gasteiger partial charge in [-0.05, 0) is 12.1 Å². The van der Waals surface area contributed by atoms with Crippen LogP contribution in [0.1, 0.15) is 15.4 Å². The van der Waals surface area contributed by atoms with Crippen LogP contribution in [0.25, 0.3) is 0 Å². The fourth-order valence-corrected chi connectivity index (χ4v) is 2.49. The topological polar surface area (TPSA) is 56.0 Å². The van der Waals surface area contributed by atoms with E-state index in [-0.39, 0.29) is 5.78 Å². The van der Waals surface area contributed by atoms with Crippen molar-refractivity contribution in [3.05, 3.63) is 32.4 Å². The Bertz CT molecular complexity index is 435. The molecule has 14 heavy (non-hydrogen) atoms. The van der Waals surface area contributed by atoms with E-state index in [1.54, 1.807) is 17.5 Å². The molecule has 0 radical (unpaired) electrons. The van der Waals surface area contributed by atoms with Crippen molar-refractivity contribution in [1.82, 2.24) is 4.98 Å². The summed E-state index contributed by atoms with van der Waals surface area (Å²) < 4.78 is 0.594. The van der Waals surface area contributed by atoms with Crippen LogP contribution < -0.4 is 5.73 Å². The Morgan fingerprint density at radius 3 is 2.79 bits per heavy atom. The van der Waals surface area contributed by atoms with E-state index in [0.717, 1.165) is 0 Å². The number of hydrogen-bond donors (Lipinski definition) is 1. The Morgan fingerprint density at radius 2 is 2.29 bits per heavy atom. The van der Waals surface area contributed by atoms with Crippen LogP contribution in [0.15, 0.2) is 17.5 Å². The number of nitrogens with two attached hydrogens (primary N) is 1. The van der Waals surface area contributed by atoms with Gasteiger partial charge in [-0.3, -0.25) is 4.79 Å². The molecule has 2 aromatic rings. The predicted octanol–water partition coefficient (Wildman–Crippen LogP) is 2.67. The molecule has 3 nitrogen and oxygen atoms in total. The van der Waals surface area contributed by atoms with Gasteiger partial charge >= 0.3 is 0 Å². The molecule has 0 aliphatic carbocycles. The van der Waals surface area contributed by atoms with E-state index < -0.39 is 0 Å². The molecular weight excluding hydrogens is 240 g/mol. The summed E-state index contributed by atoms with van der Waals surface area (Å²) in [6.45, 7) is 0. The first-order chi connectivity index (χ1) is 6.66. The minimum atomic E-state index is -0.130. The van der Waals surface area contributed by atoms with E-state index >= 15 is 0 Å². The number of nitrogen functional groups attached to an aromatic ring is 1. The van der Waals surface area contributed by atoms with Gasteiger partial charge in [0.15, 0.2) is 5.13 Å². The highest BCUT2D eigenvalue weighted by Crippen LogP contribution is 2.24. The molecule has 0 spiro atoms. The molecule has 0 saturated carbocycles. The number of carbonyl (C=O) groups is 1. The first-order valence-corrected chi connectivity index (χ1v) is 5.75. The number of aromatic nitrogens is 1. The van der Waals surface area contributed by atoms with Gasteiger partial charge in [0.1, 0.15) is 5.69 Å². The smallest absolute Gasteiger partial charge is 0.222 e. The van der Waals surface area contributed by atoms with Gasteiger partial charge in [-0.2, -0.15) is 0 Å². The molecular formula is C8H5ClN2OS2. The zero-order valence-electron chi connectivity index (χ0n) is 6.86. The Morgan fingerprint density at radius 1 is 1.50 bits per heavy atom. The summed E-state index contributed by atoms with van der Waals surface area (Å²) in [6.07, 6.45) is 0. The van der Waals surface area contributed by atoms with Crippen LogP contribution in [-0.4, -0.2) is 10.8 Å². The summed E-state index contributed by atoms with van der Waals surface area (Å²) in [4.78, 5) is 16.2. The molecule has 6 heteroatoms. The molecule has 2 heterocycles. The van der Waals surface area contributed by atoms with Gasteiger partial charge < -0.3 is 5.73 Å². The summed E-state index contributed by atoms with van der Waals surface area (Å²) in [5.41, 5.74) is 5.81. The molecule has 0 aliphatic rings. The quantitative estimate of drug-likeness (QED) is 0.827. The Hall–Kier alpha value is -0.910. The van der Waals surface area contributed by atoms with Crippen LogP contribution >= 0.6 is 34.3 Å². The number of nitrogens with zero attached hydrogens (tertiary/aromatic N) is 1. The summed E-state index contributed by atoms with van der Waals surface area (Å²) in [7, 11) is 0. The van der Waals surface area contributed by atoms with Crippen LogP contribution in [0.3, 0.4) is 0 Å². The molecule has 0 aromatic carbocycles. The minimum Gasteiger partial charge on any atom is -0.375 e. The van der Waals surface area contributed by atoms with Crippen LogP contribution in [0.5, 0.6) is 0 Å². The number of rotatable bonds is 2. The van der Waals surface area contributed by atoms with Crippen LogP contribution in [0.2, 0.25) is 4.34 Å². The fraction of sp³-hybridized carbons (Fsp3) is 0. The summed E-state index contributed by atoms with van der Waals surface area (Å²) in [6, 6.07) is 3.38. The second-order valence-corrected chi connectivity index (χ2v) is 5.11. The molecule has 2 N–H and O–H groups in total. The normalized spacial score (nSPS) is 10.4. The maximum absolute atomic E-state index is 11.7. The number of ketones is 1. The third-order valence-corrected chi connectivity index (χ3v) is 3.46. The first-order valence-electron chi connectivity index (χ1n) is 3.68. The minimum absolute atomic E-state index is 0.130. The van der Waals surface area contributed by atoms with Crippen molar-refractivity contribution < 1.29 is 4.79 Å². The number of thiazole rings is 1. The fourth-order valence-electron chi connectivity index (χ4n) is 0.954. The highest BCUT2D eigenvalue weighted by molar-refractivity contribution is 7.18. The number of hydrogen-bond acceptors (Lipinski definition) is 5. The summed E-state index contributed by atoms with van der Waals surface area (Å²) in [5, 5.41) is 2.04. The predicted molar refractivity (Wildman–Crippen MR) is 59.3 cm³/mol. The van der Waals surface area contributed by atoms with Gasteiger partial charge in [-0.15, -0.1) is 22.7 Å². The van der Waals surface area contributed by atoms with E-state index in [1.807, 2.05) is 0 Å². The molecule has 0 atom stereocenters. The molecule has 0 bridgehead atoms. The van der Waals surface area contributed by atoms with Gasteiger partial charge in [0.2, 0.25) is 5.78 Å². The lowest BCUT2D eigenvalue weighted by atomic mass is 10.3. The summed E-state index contributed by atoms with van der Waals surface area (Å²) in [5.74, 6) is -0.130. The molecule has 2 aromatic heterocycles. The molecule has 2 rings (SSSR count). The molecule has 0 saturated heterocycles. The van der Waals surface area contributed by atoms with Crippen molar-refractivity contribution in [3.8, 4) is 0 Å². The maximum Gasteiger partial charge on any atom is 0.222 e. The van der Waals surface area contributed by atoms with Crippen molar-refractivity contribution in [2.24, 2.45) is 0 Å². The number of anilines is 1. The van der Waals surface area contributed by atoms with E-state index in [2.05, 4.69) is 4.98 Å². The van der Waals surface area contributed by atoms with Crippen molar-refractivity contribution in [2.45, 2.75) is 0 Å². The second kappa shape index (κ2) is 3.68. The van der Waals surface area contributed by atoms with Gasteiger partial charge in [0.05, 0.1) is 9.21 Å². The Kier molecular flexibility index (Phi) is 2.54. The zero-order valence-corrected chi connectivity index (χ0v) is 9.25. The standard InChI is InChI=1S/C8H5ClN2OS2/c9-6-2-1-5(14-6)7(12)4-3-13-8(10)11-4/h1-3H,(H2,10,11). The van der Waals surface area contributed by atoms with Gasteiger partial charge in [-0.1, -0.05) is 11.6 Å². The number of thiophene rings is 1. The molecule has 72 valence electrons. The van der Waals surface area contributed by atoms with Gasteiger partial charge in [0.25, 0.3) is 0 Å².